The van der Waals surface area contributed by atoms with E-state index in [9.17, 15) is 4.79 Å². The highest BCUT2D eigenvalue weighted by atomic mass is 79.9. The summed E-state index contributed by atoms with van der Waals surface area (Å²) in [5.74, 6) is 0.685. The van der Waals surface area contributed by atoms with Crippen LogP contribution in [0, 0.1) is 0 Å². The number of halogens is 1. The molecule has 2 rings (SSSR count). The molecule has 0 fully saturated rings. The Hall–Kier alpha value is -1.14. The predicted octanol–water partition coefficient (Wildman–Crippen LogP) is 2.62. The van der Waals surface area contributed by atoms with Gasteiger partial charge in [-0.1, -0.05) is 6.07 Å². The Morgan fingerprint density at radius 2 is 2.41 bits per heavy atom. The smallest absolute Gasteiger partial charge is 0.267 e. The van der Waals surface area contributed by atoms with Crippen LogP contribution in [0.3, 0.4) is 0 Å². The molecule has 2 aromatic rings. The summed E-state index contributed by atoms with van der Waals surface area (Å²) in [6, 6.07) is 4.10. The standard InChI is InChI=1S/C11H12BrN3OS/c1-2-15(6-8-4-3-5-17-8)10-9(12)11(16)14-7-13-10/h3-5,7H,2,6H2,1H3,(H,13,14,16). The number of rotatable bonds is 4. The van der Waals surface area contributed by atoms with E-state index < -0.39 is 0 Å². The quantitative estimate of drug-likeness (QED) is 0.944. The first-order valence-electron chi connectivity index (χ1n) is 5.23. The van der Waals surface area contributed by atoms with E-state index in [-0.39, 0.29) is 5.56 Å². The number of aromatic nitrogens is 2. The fourth-order valence-corrected chi connectivity index (χ4v) is 2.71. The molecule has 0 saturated carbocycles. The maximum Gasteiger partial charge on any atom is 0.267 e. The molecule has 1 N–H and O–H groups in total. The van der Waals surface area contributed by atoms with Crippen LogP contribution in [0.15, 0.2) is 33.1 Å². The number of H-pyrrole nitrogens is 1. The Balaban J connectivity index is 2.29. The Labute approximate surface area is 111 Å². The Kier molecular flexibility index (Phi) is 3.96. The van der Waals surface area contributed by atoms with E-state index >= 15 is 0 Å². The van der Waals surface area contributed by atoms with Gasteiger partial charge in [0.2, 0.25) is 0 Å². The molecule has 0 unspecified atom stereocenters. The largest absolute Gasteiger partial charge is 0.351 e. The first-order valence-corrected chi connectivity index (χ1v) is 6.90. The molecule has 0 saturated heterocycles. The molecular formula is C11H12BrN3OS. The predicted molar refractivity (Wildman–Crippen MR) is 73.6 cm³/mol. The van der Waals surface area contributed by atoms with Crippen molar-refractivity contribution >= 4 is 33.1 Å². The first kappa shape index (κ1) is 12.3. The van der Waals surface area contributed by atoms with Crippen LogP contribution in [0.25, 0.3) is 0 Å². The summed E-state index contributed by atoms with van der Waals surface area (Å²) in [5, 5.41) is 2.05. The van der Waals surface area contributed by atoms with Crippen molar-refractivity contribution in [3.8, 4) is 0 Å². The molecule has 0 aliphatic carbocycles. The van der Waals surface area contributed by atoms with Gasteiger partial charge in [-0.25, -0.2) is 4.98 Å². The number of nitrogens with zero attached hydrogens (tertiary/aromatic N) is 2. The molecule has 0 spiro atoms. The van der Waals surface area contributed by atoms with Crippen molar-refractivity contribution in [1.82, 2.24) is 9.97 Å². The zero-order chi connectivity index (χ0) is 12.3. The van der Waals surface area contributed by atoms with Gasteiger partial charge in [0.25, 0.3) is 5.56 Å². The van der Waals surface area contributed by atoms with E-state index in [2.05, 4.69) is 36.9 Å². The summed E-state index contributed by atoms with van der Waals surface area (Å²) in [4.78, 5) is 21.6. The van der Waals surface area contributed by atoms with E-state index in [1.54, 1.807) is 11.3 Å². The van der Waals surface area contributed by atoms with Gasteiger partial charge in [-0.2, -0.15) is 0 Å². The summed E-state index contributed by atoms with van der Waals surface area (Å²) in [6.45, 7) is 3.61. The summed E-state index contributed by atoms with van der Waals surface area (Å²) >= 11 is 4.98. The highest BCUT2D eigenvalue weighted by molar-refractivity contribution is 9.10. The minimum Gasteiger partial charge on any atom is -0.351 e. The fourth-order valence-electron chi connectivity index (χ4n) is 1.52. The van der Waals surface area contributed by atoms with Crippen LogP contribution in [0.5, 0.6) is 0 Å². The number of hydrogen-bond donors (Lipinski definition) is 1. The number of hydrogen-bond acceptors (Lipinski definition) is 4. The normalized spacial score (nSPS) is 10.5. The SMILES string of the molecule is CCN(Cc1cccs1)c1nc[nH]c(=O)c1Br. The molecule has 2 aromatic heterocycles. The molecular weight excluding hydrogens is 302 g/mol. The van der Waals surface area contributed by atoms with Crippen molar-refractivity contribution < 1.29 is 0 Å². The minimum absolute atomic E-state index is 0.153. The van der Waals surface area contributed by atoms with Gasteiger partial charge >= 0.3 is 0 Å². The van der Waals surface area contributed by atoms with Crippen molar-refractivity contribution in [3.63, 3.8) is 0 Å². The highest BCUT2D eigenvalue weighted by Crippen LogP contribution is 2.22. The van der Waals surface area contributed by atoms with Crippen LogP contribution in [0.2, 0.25) is 0 Å². The van der Waals surface area contributed by atoms with Gasteiger partial charge in [0.05, 0.1) is 12.9 Å². The molecule has 17 heavy (non-hydrogen) atoms. The van der Waals surface area contributed by atoms with E-state index in [4.69, 9.17) is 0 Å². The van der Waals surface area contributed by atoms with Crippen LogP contribution in [0.4, 0.5) is 5.82 Å². The van der Waals surface area contributed by atoms with Crippen LogP contribution in [-0.4, -0.2) is 16.5 Å². The van der Waals surface area contributed by atoms with Crippen molar-refractivity contribution in [2.75, 3.05) is 11.4 Å². The molecule has 0 atom stereocenters. The van der Waals surface area contributed by atoms with E-state index in [0.29, 0.717) is 10.3 Å². The molecule has 0 aromatic carbocycles. The third-order valence-electron chi connectivity index (χ3n) is 2.39. The topological polar surface area (TPSA) is 49.0 Å². The van der Waals surface area contributed by atoms with Crippen LogP contribution in [-0.2, 0) is 6.54 Å². The van der Waals surface area contributed by atoms with E-state index in [0.717, 1.165) is 13.1 Å². The summed E-state index contributed by atoms with van der Waals surface area (Å²) in [7, 11) is 0. The zero-order valence-electron chi connectivity index (χ0n) is 9.31. The van der Waals surface area contributed by atoms with Gasteiger partial charge in [0.15, 0.2) is 5.82 Å². The zero-order valence-corrected chi connectivity index (χ0v) is 11.7. The van der Waals surface area contributed by atoms with E-state index in [1.807, 2.05) is 18.4 Å². The molecule has 0 aliphatic heterocycles. The first-order chi connectivity index (χ1) is 8.22. The van der Waals surface area contributed by atoms with Crippen molar-refractivity contribution in [1.29, 1.82) is 0 Å². The lowest BCUT2D eigenvalue weighted by atomic mass is 10.4. The second-order valence-corrected chi connectivity index (χ2v) is 5.29. The third-order valence-corrected chi connectivity index (χ3v) is 3.96. The summed E-state index contributed by atoms with van der Waals surface area (Å²) in [6.07, 6.45) is 1.43. The second-order valence-electron chi connectivity index (χ2n) is 3.46. The Morgan fingerprint density at radius 1 is 1.59 bits per heavy atom. The molecule has 0 bridgehead atoms. The minimum atomic E-state index is -0.153. The van der Waals surface area contributed by atoms with Crippen LogP contribution >= 0.6 is 27.3 Å². The Morgan fingerprint density at radius 3 is 3.06 bits per heavy atom. The monoisotopic (exact) mass is 313 g/mol. The number of anilines is 1. The summed E-state index contributed by atoms with van der Waals surface area (Å²) < 4.78 is 0.485. The second kappa shape index (κ2) is 5.46. The van der Waals surface area contributed by atoms with Crippen molar-refractivity contribution in [2.45, 2.75) is 13.5 Å². The van der Waals surface area contributed by atoms with Gasteiger partial charge in [0, 0.05) is 11.4 Å². The van der Waals surface area contributed by atoms with E-state index in [1.165, 1.54) is 11.2 Å². The third kappa shape index (κ3) is 2.76. The molecule has 6 heteroatoms. The molecule has 90 valence electrons. The summed E-state index contributed by atoms with van der Waals surface area (Å²) in [5.41, 5.74) is -0.153. The van der Waals surface area contributed by atoms with Crippen LogP contribution < -0.4 is 10.5 Å². The van der Waals surface area contributed by atoms with Gasteiger partial charge in [-0.3, -0.25) is 4.79 Å². The average Bonchev–Trinajstić information content (AvgIpc) is 2.83. The molecule has 0 amide bonds. The Bertz CT molecular complexity index is 538. The fraction of sp³-hybridized carbons (Fsp3) is 0.273. The molecule has 0 aliphatic rings. The number of thiophene rings is 1. The lowest BCUT2D eigenvalue weighted by Gasteiger charge is -2.21. The maximum absolute atomic E-state index is 11.5. The lowest BCUT2D eigenvalue weighted by molar-refractivity contribution is 0.812. The molecule has 4 nitrogen and oxygen atoms in total. The molecule has 0 radical (unpaired) electrons. The van der Waals surface area contributed by atoms with Gasteiger partial charge in [-0.15, -0.1) is 11.3 Å². The van der Waals surface area contributed by atoms with Crippen LogP contribution in [0.1, 0.15) is 11.8 Å². The lowest BCUT2D eigenvalue weighted by Crippen LogP contribution is -2.25. The molecule has 2 heterocycles. The van der Waals surface area contributed by atoms with Crippen molar-refractivity contribution in [3.05, 3.63) is 43.5 Å². The van der Waals surface area contributed by atoms with Gasteiger partial charge < -0.3 is 9.88 Å². The van der Waals surface area contributed by atoms with Gasteiger partial charge in [-0.05, 0) is 34.3 Å². The highest BCUT2D eigenvalue weighted by Gasteiger charge is 2.13. The van der Waals surface area contributed by atoms with Crippen molar-refractivity contribution in [2.24, 2.45) is 0 Å². The average molecular weight is 314 g/mol. The number of aromatic amines is 1. The van der Waals surface area contributed by atoms with Gasteiger partial charge in [0.1, 0.15) is 4.47 Å². The number of nitrogens with one attached hydrogen (secondary N) is 1. The maximum atomic E-state index is 11.5.